The maximum Gasteiger partial charge on any atom is 0.223 e. The molecule has 0 bridgehead atoms. The van der Waals surface area contributed by atoms with Crippen LogP contribution in [0.3, 0.4) is 0 Å². The molecule has 1 aliphatic heterocycles. The van der Waals surface area contributed by atoms with Crippen molar-refractivity contribution in [3.8, 4) is 0 Å². The molecule has 0 radical (unpaired) electrons. The molecule has 1 N–H and O–H groups in total. The number of hydrogen-bond donors (Lipinski definition) is 1. The number of nitrogens with one attached hydrogen (secondary N) is 1. The SMILES string of the molecule is Cc1nn(C(C)C)cc1CNC[C@@H]1CC(=O)N(C)[C@H]1c1ccncc1. The second kappa shape index (κ2) is 7.35. The number of amides is 1. The Morgan fingerprint density at radius 1 is 1.32 bits per heavy atom. The molecule has 3 heterocycles. The van der Waals surface area contributed by atoms with Crippen molar-refractivity contribution >= 4 is 5.91 Å². The second-order valence-electron chi connectivity index (χ2n) is 7.14. The monoisotopic (exact) mass is 341 g/mol. The number of rotatable bonds is 6. The summed E-state index contributed by atoms with van der Waals surface area (Å²) in [6, 6.07) is 4.49. The second-order valence-corrected chi connectivity index (χ2v) is 7.14. The van der Waals surface area contributed by atoms with Gasteiger partial charge >= 0.3 is 0 Å². The maximum absolute atomic E-state index is 12.2. The number of hydrogen-bond acceptors (Lipinski definition) is 4. The van der Waals surface area contributed by atoms with Gasteiger partial charge in [-0.15, -0.1) is 0 Å². The van der Waals surface area contributed by atoms with E-state index in [9.17, 15) is 4.79 Å². The molecule has 2 atom stereocenters. The van der Waals surface area contributed by atoms with Crippen molar-refractivity contribution in [3.63, 3.8) is 0 Å². The first-order chi connectivity index (χ1) is 12.0. The number of aryl methyl sites for hydroxylation is 1. The highest BCUT2D eigenvalue weighted by Gasteiger charge is 2.38. The van der Waals surface area contributed by atoms with E-state index in [1.165, 1.54) is 5.56 Å². The summed E-state index contributed by atoms with van der Waals surface area (Å²) in [5, 5.41) is 8.08. The van der Waals surface area contributed by atoms with Gasteiger partial charge in [-0.3, -0.25) is 14.5 Å². The molecule has 0 aliphatic carbocycles. The van der Waals surface area contributed by atoms with Gasteiger partial charge in [-0.2, -0.15) is 5.10 Å². The summed E-state index contributed by atoms with van der Waals surface area (Å²) in [5.41, 5.74) is 3.43. The van der Waals surface area contributed by atoms with Crippen LogP contribution in [0.25, 0.3) is 0 Å². The van der Waals surface area contributed by atoms with E-state index in [1.807, 2.05) is 35.7 Å². The average Bonchev–Trinajstić information content (AvgIpc) is 3.09. The van der Waals surface area contributed by atoms with Crippen LogP contribution >= 0.6 is 0 Å². The van der Waals surface area contributed by atoms with E-state index in [1.54, 1.807) is 12.4 Å². The van der Waals surface area contributed by atoms with Crippen LogP contribution in [0, 0.1) is 12.8 Å². The molecule has 6 nitrogen and oxygen atoms in total. The van der Waals surface area contributed by atoms with E-state index in [0.29, 0.717) is 12.5 Å². The number of nitrogens with zero attached hydrogens (tertiary/aromatic N) is 4. The smallest absolute Gasteiger partial charge is 0.223 e. The lowest BCUT2D eigenvalue weighted by atomic mass is 9.94. The molecule has 0 spiro atoms. The van der Waals surface area contributed by atoms with Crippen LogP contribution in [0.15, 0.2) is 30.7 Å². The minimum absolute atomic E-state index is 0.113. The number of likely N-dealkylation sites (tertiary alicyclic amines) is 1. The molecule has 0 saturated carbocycles. The lowest BCUT2D eigenvalue weighted by molar-refractivity contribution is -0.127. The quantitative estimate of drug-likeness (QED) is 0.877. The molecule has 6 heteroatoms. The van der Waals surface area contributed by atoms with Crippen molar-refractivity contribution in [2.75, 3.05) is 13.6 Å². The Hall–Kier alpha value is -2.21. The topological polar surface area (TPSA) is 63.1 Å². The molecule has 134 valence electrons. The molecule has 0 unspecified atom stereocenters. The zero-order chi connectivity index (χ0) is 18.0. The third-order valence-corrected chi connectivity index (χ3v) is 5.01. The predicted octanol–water partition coefficient (Wildman–Crippen LogP) is 2.48. The zero-order valence-electron chi connectivity index (χ0n) is 15.4. The van der Waals surface area contributed by atoms with Crippen LogP contribution in [0.4, 0.5) is 0 Å². The lowest BCUT2D eigenvalue weighted by Crippen LogP contribution is -2.29. The third-order valence-electron chi connectivity index (χ3n) is 5.01. The van der Waals surface area contributed by atoms with Crippen molar-refractivity contribution in [2.24, 2.45) is 5.92 Å². The van der Waals surface area contributed by atoms with Crippen molar-refractivity contribution in [3.05, 3.63) is 47.5 Å². The fourth-order valence-electron chi connectivity index (χ4n) is 3.54. The van der Waals surface area contributed by atoms with Crippen LogP contribution < -0.4 is 5.32 Å². The summed E-state index contributed by atoms with van der Waals surface area (Å²) in [5.74, 6) is 0.470. The number of carbonyl (C=O) groups is 1. The Labute approximate surface area is 149 Å². The Kier molecular flexibility index (Phi) is 5.18. The fraction of sp³-hybridized carbons (Fsp3) is 0.526. The average molecular weight is 341 g/mol. The van der Waals surface area contributed by atoms with Gasteiger partial charge in [0.1, 0.15) is 0 Å². The summed E-state index contributed by atoms with van der Waals surface area (Å²) >= 11 is 0. The summed E-state index contributed by atoms with van der Waals surface area (Å²) in [6.45, 7) is 7.87. The van der Waals surface area contributed by atoms with Crippen molar-refractivity contribution in [2.45, 2.75) is 45.8 Å². The van der Waals surface area contributed by atoms with Crippen LogP contribution in [0.1, 0.15) is 49.2 Å². The minimum Gasteiger partial charge on any atom is -0.338 e. The highest BCUT2D eigenvalue weighted by Crippen LogP contribution is 2.36. The van der Waals surface area contributed by atoms with E-state index in [4.69, 9.17) is 0 Å². The van der Waals surface area contributed by atoms with Gasteiger partial charge in [0.25, 0.3) is 0 Å². The van der Waals surface area contributed by atoms with Crippen LogP contribution in [0.2, 0.25) is 0 Å². The van der Waals surface area contributed by atoms with Gasteiger partial charge in [-0.05, 0) is 38.5 Å². The Morgan fingerprint density at radius 3 is 2.68 bits per heavy atom. The standard InChI is InChI=1S/C19H27N5O/c1-13(2)24-12-17(14(3)22-24)11-21-10-16-9-18(25)23(4)19(16)15-5-7-20-8-6-15/h5-8,12-13,16,19,21H,9-11H2,1-4H3/t16-,19-/m0/s1. The predicted molar refractivity (Wildman–Crippen MR) is 96.9 cm³/mol. The zero-order valence-corrected chi connectivity index (χ0v) is 15.4. The minimum atomic E-state index is 0.113. The summed E-state index contributed by atoms with van der Waals surface area (Å²) in [7, 11) is 1.89. The van der Waals surface area contributed by atoms with Gasteiger partial charge in [0, 0.05) is 62.7 Å². The van der Waals surface area contributed by atoms with Crippen molar-refractivity contribution in [1.82, 2.24) is 25.0 Å². The van der Waals surface area contributed by atoms with Gasteiger partial charge in [-0.25, -0.2) is 0 Å². The molecule has 1 fully saturated rings. The van der Waals surface area contributed by atoms with Gasteiger partial charge < -0.3 is 10.2 Å². The van der Waals surface area contributed by atoms with Gasteiger partial charge in [0.15, 0.2) is 0 Å². The highest BCUT2D eigenvalue weighted by molar-refractivity contribution is 5.79. The van der Waals surface area contributed by atoms with E-state index < -0.39 is 0 Å². The summed E-state index contributed by atoms with van der Waals surface area (Å²) in [4.78, 5) is 18.2. The molecule has 2 aromatic heterocycles. The first kappa shape index (κ1) is 17.6. The molecule has 1 amide bonds. The highest BCUT2D eigenvalue weighted by atomic mass is 16.2. The third kappa shape index (κ3) is 3.74. The van der Waals surface area contributed by atoms with Crippen LogP contribution in [-0.4, -0.2) is 39.2 Å². The molecule has 2 aromatic rings. The largest absolute Gasteiger partial charge is 0.338 e. The van der Waals surface area contributed by atoms with Crippen LogP contribution in [0.5, 0.6) is 0 Å². The van der Waals surface area contributed by atoms with Gasteiger partial charge in [-0.1, -0.05) is 0 Å². The Balaban J connectivity index is 1.65. The lowest BCUT2D eigenvalue weighted by Gasteiger charge is -2.25. The number of pyridine rings is 1. The van der Waals surface area contributed by atoms with E-state index in [2.05, 4.69) is 35.4 Å². The van der Waals surface area contributed by atoms with E-state index in [-0.39, 0.29) is 17.9 Å². The first-order valence-corrected chi connectivity index (χ1v) is 8.88. The summed E-state index contributed by atoms with van der Waals surface area (Å²) in [6.07, 6.45) is 6.28. The molecular formula is C19H27N5O. The van der Waals surface area contributed by atoms with Gasteiger partial charge in [0.05, 0.1) is 11.7 Å². The molecule has 25 heavy (non-hydrogen) atoms. The Morgan fingerprint density at radius 2 is 2.04 bits per heavy atom. The molecule has 0 aromatic carbocycles. The normalized spacial score (nSPS) is 20.7. The number of aromatic nitrogens is 3. The summed E-state index contributed by atoms with van der Waals surface area (Å²) < 4.78 is 2.00. The van der Waals surface area contributed by atoms with E-state index >= 15 is 0 Å². The molecular weight excluding hydrogens is 314 g/mol. The van der Waals surface area contributed by atoms with Crippen molar-refractivity contribution < 1.29 is 4.79 Å². The molecule has 3 rings (SSSR count). The maximum atomic E-state index is 12.2. The van der Waals surface area contributed by atoms with E-state index in [0.717, 1.165) is 24.3 Å². The van der Waals surface area contributed by atoms with Gasteiger partial charge in [0.2, 0.25) is 5.91 Å². The first-order valence-electron chi connectivity index (χ1n) is 8.88. The Bertz CT molecular complexity index is 725. The van der Waals surface area contributed by atoms with Crippen molar-refractivity contribution in [1.29, 1.82) is 0 Å². The fourth-order valence-corrected chi connectivity index (χ4v) is 3.54. The number of carbonyl (C=O) groups excluding carboxylic acids is 1. The molecule has 1 aliphatic rings. The van der Waals surface area contributed by atoms with Crippen LogP contribution in [-0.2, 0) is 11.3 Å². The molecule has 1 saturated heterocycles.